The number of likely N-dealkylation sites (tertiary alicyclic amines) is 2. The zero-order valence-corrected chi connectivity index (χ0v) is 15.6. The first kappa shape index (κ1) is 19.8. The van der Waals surface area contributed by atoms with Crippen LogP contribution in [0.2, 0.25) is 0 Å². The standard InChI is InChI=1S/C19H21F4N3O3/c20-15-8-14(19(21,22)23)2-1-13(15)7-12-3-5-25(6-4-12)17(28)26-9-18(10-26)11-29-16(27)24-18/h1-2,8,12H,3-7,9-11H2,(H,24,27). The van der Waals surface area contributed by atoms with Gasteiger partial charge < -0.3 is 19.9 Å². The van der Waals surface area contributed by atoms with Crippen LogP contribution >= 0.6 is 0 Å². The molecular weight excluding hydrogens is 394 g/mol. The Balaban J connectivity index is 1.27. The van der Waals surface area contributed by atoms with Gasteiger partial charge in [0.15, 0.2) is 0 Å². The van der Waals surface area contributed by atoms with E-state index >= 15 is 0 Å². The van der Waals surface area contributed by atoms with Gasteiger partial charge in [-0.2, -0.15) is 13.2 Å². The van der Waals surface area contributed by atoms with Crippen LogP contribution in [0.5, 0.6) is 0 Å². The molecule has 158 valence electrons. The predicted molar refractivity (Wildman–Crippen MR) is 93.6 cm³/mol. The number of benzene rings is 1. The largest absolute Gasteiger partial charge is 0.447 e. The molecule has 10 heteroatoms. The minimum absolute atomic E-state index is 0.101. The average molecular weight is 415 g/mol. The lowest BCUT2D eigenvalue weighted by Crippen LogP contribution is -2.71. The second kappa shape index (κ2) is 7.07. The summed E-state index contributed by atoms with van der Waals surface area (Å²) in [4.78, 5) is 27.1. The van der Waals surface area contributed by atoms with Gasteiger partial charge in [0, 0.05) is 13.1 Å². The quantitative estimate of drug-likeness (QED) is 0.756. The van der Waals surface area contributed by atoms with Crippen molar-refractivity contribution in [3.63, 3.8) is 0 Å². The molecule has 4 rings (SSSR count). The van der Waals surface area contributed by atoms with Crippen LogP contribution in [-0.4, -0.2) is 60.2 Å². The van der Waals surface area contributed by atoms with Gasteiger partial charge in [0.1, 0.15) is 18.0 Å². The predicted octanol–water partition coefficient (Wildman–Crippen LogP) is 3.01. The number of nitrogens with one attached hydrogen (secondary N) is 1. The Morgan fingerprint density at radius 2 is 1.90 bits per heavy atom. The molecule has 3 amide bonds. The van der Waals surface area contributed by atoms with Crippen molar-refractivity contribution in [2.24, 2.45) is 5.92 Å². The van der Waals surface area contributed by atoms with Gasteiger partial charge >= 0.3 is 18.3 Å². The molecule has 0 unspecified atom stereocenters. The third-order valence-corrected chi connectivity index (χ3v) is 5.88. The van der Waals surface area contributed by atoms with Crippen molar-refractivity contribution >= 4 is 12.1 Å². The van der Waals surface area contributed by atoms with Crippen LogP contribution < -0.4 is 5.32 Å². The van der Waals surface area contributed by atoms with Crippen LogP contribution in [0.25, 0.3) is 0 Å². The van der Waals surface area contributed by atoms with Gasteiger partial charge in [-0.25, -0.2) is 14.0 Å². The first-order chi connectivity index (χ1) is 13.7. The zero-order valence-electron chi connectivity index (χ0n) is 15.6. The number of carbonyl (C=O) groups excluding carboxylic acids is 2. The topological polar surface area (TPSA) is 61.9 Å². The Hall–Kier alpha value is -2.52. The van der Waals surface area contributed by atoms with Crippen LogP contribution in [-0.2, 0) is 17.3 Å². The van der Waals surface area contributed by atoms with Crippen LogP contribution in [0.3, 0.4) is 0 Å². The van der Waals surface area contributed by atoms with Gasteiger partial charge in [-0.1, -0.05) is 6.07 Å². The molecule has 0 aromatic heterocycles. The number of halogens is 4. The summed E-state index contributed by atoms with van der Waals surface area (Å²) in [7, 11) is 0. The van der Waals surface area contributed by atoms with Gasteiger partial charge in [-0.05, 0) is 42.9 Å². The highest BCUT2D eigenvalue weighted by molar-refractivity contribution is 5.78. The maximum absolute atomic E-state index is 14.1. The molecule has 29 heavy (non-hydrogen) atoms. The van der Waals surface area contributed by atoms with E-state index in [1.54, 1.807) is 9.80 Å². The molecule has 6 nitrogen and oxygen atoms in total. The molecule has 3 aliphatic rings. The van der Waals surface area contributed by atoms with E-state index in [0.29, 0.717) is 51.5 Å². The first-order valence-electron chi connectivity index (χ1n) is 9.50. The molecule has 0 aliphatic carbocycles. The molecule has 3 heterocycles. The lowest BCUT2D eigenvalue weighted by atomic mass is 9.89. The normalized spacial score (nSPS) is 21.7. The molecule has 3 fully saturated rings. The van der Waals surface area contributed by atoms with Gasteiger partial charge in [0.25, 0.3) is 0 Å². The van der Waals surface area contributed by atoms with E-state index in [1.165, 1.54) is 6.07 Å². The summed E-state index contributed by atoms with van der Waals surface area (Å²) >= 11 is 0. The van der Waals surface area contributed by atoms with Crippen molar-refractivity contribution in [2.75, 3.05) is 32.8 Å². The fourth-order valence-corrected chi connectivity index (χ4v) is 4.21. The lowest BCUT2D eigenvalue weighted by molar-refractivity contribution is -0.137. The highest BCUT2D eigenvalue weighted by Crippen LogP contribution is 2.32. The third kappa shape index (κ3) is 3.97. The second-order valence-corrected chi connectivity index (χ2v) is 8.06. The molecule has 3 saturated heterocycles. The van der Waals surface area contributed by atoms with E-state index in [-0.39, 0.29) is 24.1 Å². The number of amides is 3. The second-order valence-electron chi connectivity index (χ2n) is 8.06. The summed E-state index contributed by atoms with van der Waals surface area (Å²) in [6.45, 7) is 2.11. The number of cyclic esters (lactones) is 1. The van der Waals surface area contributed by atoms with Gasteiger partial charge in [-0.3, -0.25) is 0 Å². The number of hydrogen-bond acceptors (Lipinski definition) is 3. The van der Waals surface area contributed by atoms with E-state index in [9.17, 15) is 27.2 Å². The average Bonchev–Trinajstić information content (AvgIpc) is 3.03. The number of nitrogens with zero attached hydrogens (tertiary/aromatic N) is 2. The minimum atomic E-state index is -4.56. The molecule has 3 aliphatic heterocycles. The number of ether oxygens (including phenoxy) is 1. The SMILES string of the molecule is O=C1NC2(CO1)CN(C(=O)N1CCC(Cc3ccc(C(F)(F)F)cc3F)CC1)C2. The van der Waals surface area contributed by atoms with E-state index in [4.69, 9.17) is 4.74 Å². The number of alkyl carbamates (subject to hydrolysis) is 1. The number of urea groups is 1. The number of alkyl halides is 3. The summed E-state index contributed by atoms with van der Waals surface area (Å²) in [6.07, 6.45) is -3.36. The van der Waals surface area contributed by atoms with Crippen molar-refractivity contribution in [2.45, 2.75) is 31.0 Å². The van der Waals surface area contributed by atoms with Crippen molar-refractivity contribution in [3.8, 4) is 0 Å². The van der Waals surface area contributed by atoms with Gasteiger partial charge in [0.05, 0.1) is 18.7 Å². The van der Waals surface area contributed by atoms with Crippen LogP contribution in [0.4, 0.5) is 27.2 Å². The van der Waals surface area contributed by atoms with E-state index in [0.717, 1.165) is 6.07 Å². The monoisotopic (exact) mass is 415 g/mol. The smallest absolute Gasteiger partial charge is 0.416 e. The number of rotatable bonds is 2. The highest BCUT2D eigenvalue weighted by atomic mass is 19.4. The fraction of sp³-hybridized carbons (Fsp3) is 0.579. The Morgan fingerprint density at radius 3 is 2.45 bits per heavy atom. The minimum Gasteiger partial charge on any atom is -0.447 e. The van der Waals surface area contributed by atoms with Gasteiger partial charge in [0.2, 0.25) is 0 Å². The molecular formula is C19H21F4N3O3. The summed E-state index contributed by atoms with van der Waals surface area (Å²) in [5.41, 5.74) is -1.19. The summed E-state index contributed by atoms with van der Waals surface area (Å²) in [5, 5.41) is 2.73. The van der Waals surface area contributed by atoms with Crippen LogP contribution in [0, 0.1) is 11.7 Å². The number of carbonyl (C=O) groups is 2. The molecule has 1 aromatic carbocycles. The molecule has 1 aromatic rings. The molecule has 1 spiro atoms. The Bertz CT molecular complexity index is 815. The summed E-state index contributed by atoms with van der Waals surface area (Å²) in [5.74, 6) is -0.736. The van der Waals surface area contributed by atoms with Crippen molar-refractivity contribution in [1.29, 1.82) is 0 Å². The maximum atomic E-state index is 14.1. The van der Waals surface area contributed by atoms with E-state index in [1.807, 2.05) is 0 Å². The van der Waals surface area contributed by atoms with Crippen molar-refractivity contribution in [1.82, 2.24) is 15.1 Å². The fourth-order valence-electron chi connectivity index (χ4n) is 4.21. The lowest BCUT2D eigenvalue weighted by Gasteiger charge is -2.48. The maximum Gasteiger partial charge on any atom is 0.416 e. The van der Waals surface area contributed by atoms with E-state index < -0.39 is 29.2 Å². The van der Waals surface area contributed by atoms with E-state index in [2.05, 4.69) is 5.32 Å². The van der Waals surface area contributed by atoms with Crippen molar-refractivity contribution < 1.29 is 31.9 Å². The third-order valence-electron chi connectivity index (χ3n) is 5.88. The highest BCUT2D eigenvalue weighted by Gasteiger charge is 2.52. The molecule has 1 N–H and O–H groups in total. The summed E-state index contributed by atoms with van der Waals surface area (Å²) < 4.78 is 56.9. The van der Waals surface area contributed by atoms with Crippen molar-refractivity contribution in [3.05, 3.63) is 35.1 Å². The molecule has 0 radical (unpaired) electrons. The number of piperidine rings is 1. The van der Waals surface area contributed by atoms with Crippen LogP contribution in [0.1, 0.15) is 24.0 Å². The Morgan fingerprint density at radius 1 is 1.21 bits per heavy atom. The first-order valence-corrected chi connectivity index (χ1v) is 9.50. The summed E-state index contributed by atoms with van der Waals surface area (Å²) in [6, 6.07) is 2.55. The molecule has 0 bridgehead atoms. The van der Waals surface area contributed by atoms with Gasteiger partial charge in [-0.15, -0.1) is 0 Å². The molecule has 0 saturated carbocycles. The Kier molecular flexibility index (Phi) is 4.82. The molecule has 0 atom stereocenters. The zero-order chi connectivity index (χ0) is 20.8. The number of hydrogen-bond donors (Lipinski definition) is 1. The van der Waals surface area contributed by atoms with Crippen LogP contribution in [0.15, 0.2) is 18.2 Å². The Labute approximate surface area is 164 Å².